The summed E-state index contributed by atoms with van der Waals surface area (Å²) in [5.41, 5.74) is 1.47. The average molecular weight is 182 g/mol. The first kappa shape index (κ1) is 9.96. The number of carbonyl (C=O) groups excluding carboxylic acids is 1. The van der Waals surface area contributed by atoms with Gasteiger partial charge in [-0.2, -0.15) is 0 Å². The van der Waals surface area contributed by atoms with E-state index in [1.807, 2.05) is 6.92 Å². The summed E-state index contributed by atoms with van der Waals surface area (Å²) in [5, 5.41) is 8.85. The Kier molecular flexibility index (Phi) is 3.23. The van der Waals surface area contributed by atoms with E-state index in [4.69, 9.17) is 5.11 Å². The number of rotatable bonds is 2. The van der Waals surface area contributed by atoms with Crippen molar-refractivity contribution >= 4 is 11.8 Å². The van der Waals surface area contributed by atoms with Gasteiger partial charge in [0.15, 0.2) is 0 Å². The molecule has 0 unspecified atom stereocenters. The van der Waals surface area contributed by atoms with E-state index in [9.17, 15) is 9.59 Å². The summed E-state index contributed by atoms with van der Waals surface area (Å²) in [7, 11) is 0. The largest absolute Gasteiger partial charge is 0.478 e. The first-order valence-electron chi connectivity index (χ1n) is 4.61. The second kappa shape index (κ2) is 4.21. The molecule has 0 spiro atoms. The van der Waals surface area contributed by atoms with Crippen molar-refractivity contribution < 1.29 is 14.7 Å². The van der Waals surface area contributed by atoms with Crippen LogP contribution >= 0.6 is 0 Å². The number of carbonyl (C=O) groups is 2. The molecule has 13 heavy (non-hydrogen) atoms. The van der Waals surface area contributed by atoms with Gasteiger partial charge in [0.25, 0.3) is 0 Å². The fraction of sp³-hybridized carbons (Fsp3) is 0.600. The molecule has 0 aromatic rings. The molecule has 0 bridgehead atoms. The van der Waals surface area contributed by atoms with Crippen molar-refractivity contribution in [3.8, 4) is 0 Å². The minimum absolute atomic E-state index is 0.254. The maximum absolute atomic E-state index is 10.9. The molecule has 1 N–H and O–H groups in total. The van der Waals surface area contributed by atoms with Crippen molar-refractivity contribution in [3.63, 3.8) is 0 Å². The third kappa shape index (κ3) is 2.41. The second-order valence-electron chi connectivity index (χ2n) is 3.28. The molecule has 0 aliphatic heterocycles. The van der Waals surface area contributed by atoms with Crippen molar-refractivity contribution in [2.75, 3.05) is 0 Å². The van der Waals surface area contributed by atoms with Crippen LogP contribution in [0.25, 0.3) is 0 Å². The van der Waals surface area contributed by atoms with Gasteiger partial charge in [0, 0.05) is 18.4 Å². The molecule has 72 valence electrons. The molecule has 3 heteroatoms. The third-order valence-electron chi connectivity index (χ3n) is 2.45. The summed E-state index contributed by atoms with van der Waals surface area (Å²) in [5.74, 6) is -0.573. The Morgan fingerprint density at radius 2 is 1.85 bits per heavy atom. The minimum Gasteiger partial charge on any atom is -0.478 e. The standard InChI is InChI=1S/C10H14O3/c1-2-9(10(12)13)7-3-5-8(11)6-4-7/h2-6H2,1H3,(H,12,13). The Morgan fingerprint density at radius 1 is 1.31 bits per heavy atom. The number of hydrogen-bond acceptors (Lipinski definition) is 2. The van der Waals surface area contributed by atoms with Crippen LogP contribution in [0.2, 0.25) is 0 Å². The predicted molar refractivity (Wildman–Crippen MR) is 48.4 cm³/mol. The maximum Gasteiger partial charge on any atom is 0.331 e. The van der Waals surface area contributed by atoms with Gasteiger partial charge >= 0.3 is 5.97 Å². The summed E-state index contributed by atoms with van der Waals surface area (Å²) in [6.07, 6.45) is 2.89. The van der Waals surface area contributed by atoms with Gasteiger partial charge in [-0.1, -0.05) is 12.5 Å². The monoisotopic (exact) mass is 182 g/mol. The molecule has 1 fully saturated rings. The zero-order valence-corrected chi connectivity index (χ0v) is 7.80. The van der Waals surface area contributed by atoms with Crippen molar-refractivity contribution in [1.82, 2.24) is 0 Å². The van der Waals surface area contributed by atoms with Gasteiger partial charge in [0.2, 0.25) is 0 Å². The van der Waals surface area contributed by atoms with E-state index in [0.29, 0.717) is 37.7 Å². The fourth-order valence-corrected chi connectivity index (χ4v) is 1.68. The van der Waals surface area contributed by atoms with Gasteiger partial charge in [-0.3, -0.25) is 4.79 Å². The summed E-state index contributed by atoms with van der Waals surface area (Å²) >= 11 is 0. The molecule has 1 rings (SSSR count). The quantitative estimate of drug-likeness (QED) is 0.664. The molecule has 0 aromatic carbocycles. The molecule has 1 saturated carbocycles. The molecule has 1 aliphatic carbocycles. The highest BCUT2D eigenvalue weighted by atomic mass is 16.4. The van der Waals surface area contributed by atoms with E-state index in [1.165, 1.54) is 0 Å². The predicted octanol–water partition coefficient (Wildman–Crippen LogP) is 1.92. The Labute approximate surface area is 77.4 Å². The SMILES string of the molecule is CCC(C(=O)O)=C1CCC(=O)CC1. The Bertz CT molecular complexity index is 251. The van der Waals surface area contributed by atoms with Crippen molar-refractivity contribution in [3.05, 3.63) is 11.1 Å². The molecule has 1 aliphatic rings. The average Bonchev–Trinajstić information content (AvgIpc) is 2.09. The topological polar surface area (TPSA) is 54.4 Å². The van der Waals surface area contributed by atoms with Crippen molar-refractivity contribution in [2.24, 2.45) is 0 Å². The normalized spacial score (nSPS) is 17.3. The number of allylic oxidation sites excluding steroid dienone is 1. The highest BCUT2D eigenvalue weighted by Gasteiger charge is 2.18. The number of carboxylic acids is 1. The number of Topliss-reactive ketones (excluding diaryl/α,β-unsaturated/α-hetero) is 1. The number of aliphatic carboxylic acids is 1. The van der Waals surface area contributed by atoms with E-state index in [0.717, 1.165) is 5.57 Å². The lowest BCUT2D eigenvalue weighted by Gasteiger charge is -2.15. The van der Waals surface area contributed by atoms with E-state index in [-0.39, 0.29) is 5.78 Å². The lowest BCUT2D eigenvalue weighted by Crippen LogP contribution is -2.11. The van der Waals surface area contributed by atoms with E-state index in [2.05, 4.69) is 0 Å². The first-order chi connectivity index (χ1) is 6.15. The van der Waals surface area contributed by atoms with Crippen LogP contribution in [0.1, 0.15) is 39.0 Å². The molecule has 0 saturated heterocycles. The number of carboxylic acid groups (broad SMARTS) is 1. The first-order valence-corrected chi connectivity index (χ1v) is 4.61. The van der Waals surface area contributed by atoms with Crippen LogP contribution in [-0.2, 0) is 9.59 Å². The number of ketones is 1. The minimum atomic E-state index is -0.827. The van der Waals surface area contributed by atoms with Crippen molar-refractivity contribution in [1.29, 1.82) is 0 Å². The van der Waals surface area contributed by atoms with E-state index < -0.39 is 5.97 Å². The van der Waals surface area contributed by atoms with Crippen LogP contribution in [0.5, 0.6) is 0 Å². The second-order valence-corrected chi connectivity index (χ2v) is 3.28. The molecule has 0 atom stereocenters. The van der Waals surface area contributed by atoms with Crippen LogP contribution in [0.15, 0.2) is 11.1 Å². The van der Waals surface area contributed by atoms with Gasteiger partial charge < -0.3 is 5.11 Å². The zero-order valence-electron chi connectivity index (χ0n) is 7.80. The summed E-state index contributed by atoms with van der Waals surface area (Å²) in [6, 6.07) is 0. The van der Waals surface area contributed by atoms with Gasteiger partial charge in [-0.05, 0) is 19.3 Å². The molecule has 0 amide bonds. The lowest BCUT2D eigenvalue weighted by atomic mass is 9.89. The molecule has 3 nitrogen and oxygen atoms in total. The van der Waals surface area contributed by atoms with Crippen LogP contribution in [-0.4, -0.2) is 16.9 Å². The van der Waals surface area contributed by atoms with Crippen LogP contribution < -0.4 is 0 Å². The summed E-state index contributed by atoms with van der Waals surface area (Å²) < 4.78 is 0. The Morgan fingerprint density at radius 3 is 2.23 bits per heavy atom. The molecular weight excluding hydrogens is 168 g/mol. The van der Waals surface area contributed by atoms with Crippen LogP contribution in [0, 0.1) is 0 Å². The molecule has 0 radical (unpaired) electrons. The van der Waals surface area contributed by atoms with Crippen LogP contribution in [0.3, 0.4) is 0 Å². The third-order valence-corrected chi connectivity index (χ3v) is 2.45. The smallest absolute Gasteiger partial charge is 0.331 e. The summed E-state index contributed by atoms with van der Waals surface area (Å²) in [4.78, 5) is 21.7. The highest BCUT2D eigenvalue weighted by molar-refractivity contribution is 5.88. The Balaban J connectivity index is 2.78. The van der Waals surface area contributed by atoms with E-state index in [1.54, 1.807) is 0 Å². The van der Waals surface area contributed by atoms with Gasteiger partial charge in [0.1, 0.15) is 5.78 Å². The maximum atomic E-state index is 10.9. The fourth-order valence-electron chi connectivity index (χ4n) is 1.68. The molecular formula is C10H14O3. The Hall–Kier alpha value is -1.12. The van der Waals surface area contributed by atoms with Gasteiger partial charge in [-0.25, -0.2) is 4.79 Å². The number of hydrogen-bond donors (Lipinski definition) is 1. The van der Waals surface area contributed by atoms with Crippen LogP contribution in [0.4, 0.5) is 0 Å². The van der Waals surface area contributed by atoms with Gasteiger partial charge in [-0.15, -0.1) is 0 Å². The molecule has 0 aromatic heterocycles. The molecule has 0 heterocycles. The zero-order chi connectivity index (χ0) is 9.84. The highest BCUT2D eigenvalue weighted by Crippen LogP contribution is 2.25. The van der Waals surface area contributed by atoms with E-state index >= 15 is 0 Å². The summed E-state index contributed by atoms with van der Waals surface area (Å²) in [6.45, 7) is 1.84. The lowest BCUT2D eigenvalue weighted by molar-refractivity contribution is -0.133. The van der Waals surface area contributed by atoms with Crippen molar-refractivity contribution in [2.45, 2.75) is 39.0 Å². The van der Waals surface area contributed by atoms with Gasteiger partial charge in [0.05, 0.1) is 0 Å².